The van der Waals surface area contributed by atoms with Crippen LogP contribution in [0.4, 0.5) is 5.82 Å². The molecule has 1 fully saturated rings. The van der Waals surface area contributed by atoms with Crippen LogP contribution in [0.25, 0.3) is 0 Å². The highest BCUT2D eigenvalue weighted by Crippen LogP contribution is 2.30. The molecule has 2 rings (SSSR count). The second-order valence-corrected chi connectivity index (χ2v) is 5.86. The second kappa shape index (κ2) is 6.60. The molecule has 0 amide bonds. The van der Waals surface area contributed by atoms with Gasteiger partial charge in [-0.1, -0.05) is 19.3 Å². The number of hydrogen-bond acceptors (Lipinski definition) is 2. The van der Waals surface area contributed by atoms with Crippen molar-refractivity contribution in [2.24, 2.45) is 0 Å². The molecule has 0 aliphatic heterocycles. The van der Waals surface area contributed by atoms with Gasteiger partial charge in [0.2, 0.25) is 0 Å². The lowest BCUT2D eigenvalue weighted by atomic mass is 9.93. The Hall–Kier alpha value is -0.760. The number of aromatic nitrogens is 1. The van der Waals surface area contributed by atoms with Gasteiger partial charge in [0.15, 0.2) is 0 Å². The Morgan fingerprint density at radius 1 is 1.26 bits per heavy atom. The van der Waals surface area contributed by atoms with E-state index in [1.807, 2.05) is 0 Å². The summed E-state index contributed by atoms with van der Waals surface area (Å²) >= 11 is 6.16. The summed E-state index contributed by atoms with van der Waals surface area (Å²) in [5.41, 5.74) is 3.57. The Bertz CT molecular complexity index is 425. The van der Waals surface area contributed by atoms with E-state index in [1.54, 1.807) is 0 Å². The van der Waals surface area contributed by atoms with Gasteiger partial charge in [-0.25, -0.2) is 4.98 Å². The number of nitrogens with zero attached hydrogens (tertiary/aromatic N) is 2. The molecule has 1 aliphatic rings. The average Bonchev–Trinajstić information content (AvgIpc) is 2.40. The fourth-order valence-electron chi connectivity index (χ4n) is 3.22. The van der Waals surface area contributed by atoms with Crippen molar-refractivity contribution in [2.45, 2.75) is 64.8 Å². The number of pyridine rings is 1. The zero-order valence-electron chi connectivity index (χ0n) is 12.4. The average molecular weight is 281 g/mol. The van der Waals surface area contributed by atoms with Crippen molar-refractivity contribution in [3.8, 4) is 0 Å². The fourth-order valence-corrected chi connectivity index (χ4v) is 3.55. The van der Waals surface area contributed by atoms with E-state index in [0.29, 0.717) is 11.9 Å². The Morgan fingerprint density at radius 2 is 1.95 bits per heavy atom. The van der Waals surface area contributed by atoms with Crippen molar-refractivity contribution >= 4 is 17.4 Å². The van der Waals surface area contributed by atoms with Crippen LogP contribution >= 0.6 is 11.6 Å². The van der Waals surface area contributed by atoms with Gasteiger partial charge in [-0.15, -0.1) is 11.6 Å². The normalized spacial score (nSPS) is 16.6. The van der Waals surface area contributed by atoms with Crippen molar-refractivity contribution < 1.29 is 0 Å². The number of anilines is 1. The van der Waals surface area contributed by atoms with E-state index >= 15 is 0 Å². The van der Waals surface area contributed by atoms with E-state index in [0.717, 1.165) is 18.1 Å². The molecule has 0 unspecified atom stereocenters. The van der Waals surface area contributed by atoms with E-state index in [4.69, 9.17) is 16.6 Å². The second-order valence-electron chi connectivity index (χ2n) is 5.59. The third kappa shape index (κ3) is 3.22. The summed E-state index contributed by atoms with van der Waals surface area (Å²) in [6, 6.07) is 2.78. The molecule has 0 saturated heterocycles. The highest BCUT2D eigenvalue weighted by molar-refractivity contribution is 6.17. The molecule has 0 aromatic carbocycles. The summed E-state index contributed by atoms with van der Waals surface area (Å²) in [5, 5.41) is 0. The summed E-state index contributed by atoms with van der Waals surface area (Å²) in [5.74, 6) is 1.68. The summed E-state index contributed by atoms with van der Waals surface area (Å²) in [6.07, 6.45) is 6.68. The molecule has 1 aromatic heterocycles. The van der Waals surface area contributed by atoms with Crippen LogP contribution in [0.5, 0.6) is 0 Å². The van der Waals surface area contributed by atoms with Gasteiger partial charge in [-0.2, -0.15) is 0 Å². The van der Waals surface area contributed by atoms with E-state index in [1.165, 1.54) is 43.2 Å². The number of halogens is 1. The van der Waals surface area contributed by atoms with Crippen LogP contribution in [0.2, 0.25) is 0 Å². The minimum absolute atomic E-state index is 0.553. The first-order chi connectivity index (χ1) is 9.17. The molecule has 1 saturated carbocycles. The molecule has 106 valence electrons. The largest absolute Gasteiger partial charge is 0.354 e. The third-order valence-electron chi connectivity index (χ3n) is 4.22. The lowest BCUT2D eigenvalue weighted by Gasteiger charge is -2.36. The van der Waals surface area contributed by atoms with Gasteiger partial charge in [0.25, 0.3) is 0 Å². The molecule has 0 spiro atoms. The van der Waals surface area contributed by atoms with Crippen LogP contribution in [0, 0.1) is 13.8 Å². The minimum atomic E-state index is 0.553. The number of alkyl halides is 1. The Kier molecular flexibility index (Phi) is 5.09. The first-order valence-corrected chi connectivity index (χ1v) is 8.00. The molecule has 1 aliphatic carbocycles. The monoisotopic (exact) mass is 280 g/mol. The quantitative estimate of drug-likeness (QED) is 0.750. The molecule has 0 atom stereocenters. The summed E-state index contributed by atoms with van der Waals surface area (Å²) in [6.45, 7) is 7.46. The molecule has 1 aromatic rings. The maximum absolute atomic E-state index is 6.16. The van der Waals surface area contributed by atoms with Crippen LogP contribution < -0.4 is 4.90 Å². The Labute approximate surface area is 122 Å². The highest BCUT2D eigenvalue weighted by atomic mass is 35.5. The zero-order valence-corrected chi connectivity index (χ0v) is 13.1. The Morgan fingerprint density at radius 3 is 2.53 bits per heavy atom. The van der Waals surface area contributed by atoms with Gasteiger partial charge in [-0.05, 0) is 45.2 Å². The first kappa shape index (κ1) is 14.6. The lowest BCUT2D eigenvalue weighted by molar-refractivity contribution is 0.415. The van der Waals surface area contributed by atoms with Crippen LogP contribution in [-0.4, -0.2) is 17.6 Å². The van der Waals surface area contributed by atoms with Gasteiger partial charge in [0.1, 0.15) is 5.82 Å². The molecular weight excluding hydrogens is 256 g/mol. The van der Waals surface area contributed by atoms with Crippen LogP contribution in [0.1, 0.15) is 55.8 Å². The van der Waals surface area contributed by atoms with Crippen LogP contribution in [0.3, 0.4) is 0 Å². The molecule has 0 bridgehead atoms. The van der Waals surface area contributed by atoms with E-state index in [2.05, 4.69) is 31.7 Å². The van der Waals surface area contributed by atoms with Crippen molar-refractivity contribution in [1.82, 2.24) is 4.98 Å². The smallest absolute Gasteiger partial charge is 0.133 e. The zero-order chi connectivity index (χ0) is 13.8. The number of rotatable bonds is 4. The van der Waals surface area contributed by atoms with Crippen molar-refractivity contribution in [1.29, 1.82) is 0 Å². The molecule has 0 N–H and O–H groups in total. The molecule has 1 heterocycles. The topological polar surface area (TPSA) is 16.1 Å². The molecule has 2 nitrogen and oxygen atoms in total. The summed E-state index contributed by atoms with van der Waals surface area (Å²) < 4.78 is 0. The fraction of sp³-hybridized carbons (Fsp3) is 0.688. The maximum atomic E-state index is 6.16. The lowest BCUT2D eigenvalue weighted by Crippen LogP contribution is -2.38. The van der Waals surface area contributed by atoms with E-state index < -0.39 is 0 Å². The minimum Gasteiger partial charge on any atom is -0.354 e. The van der Waals surface area contributed by atoms with Gasteiger partial charge < -0.3 is 4.90 Å². The summed E-state index contributed by atoms with van der Waals surface area (Å²) in [7, 11) is 0. The molecule has 19 heavy (non-hydrogen) atoms. The third-order valence-corrected chi connectivity index (χ3v) is 4.48. The standard InChI is InChI=1S/C16H25ClN2/c1-4-19(14-8-6-5-7-9-14)16-15(11-17)12(2)10-13(3)18-16/h10,14H,4-9,11H2,1-3H3. The molecule has 0 radical (unpaired) electrons. The van der Waals surface area contributed by atoms with Crippen LogP contribution in [-0.2, 0) is 5.88 Å². The van der Waals surface area contributed by atoms with Crippen molar-refractivity contribution in [3.63, 3.8) is 0 Å². The number of aryl methyl sites for hydroxylation is 2. The SMILES string of the molecule is CCN(c1nc(C)cc(C)c1CCl)C1CCCCC1. The van der Waals surface area contributed by atoms with Gasteiger partial charge in [-0.3, -0.25) is 0 Å². The summed E-state index contributed by atoms with van der Waals surface area (Å²) in [4.78, 5) is 7.28. The van der Waals surface area contributed by atoms with Gasteiger partial charge >= 0.3 is 0 Å². The van der Waals surface area contributed by atoms with Crippen LogP contribution in [0.15, 0.2) is 6.07 Å². The van der Waals surface area contributed by atoms with Gasteiger partial charge in [0, 0.05) is 23.8 Å². The Balaban J connectivity index is 2.36. The molecular formula is C16H25ClN2. The first-order valence-electron chi connectivity index (χ1n) is 7.47. The predicted octanol–water partition coefficient (Wildman–Crippen LogP) is 4.60. The number of hydrogen-bond donors (Lipinski definition) is 0. The highest BCUT2D eigenvalue weighted by Gasteiger charge is 2.23. The maximum Gasteiger partial charge on any atom is 0.133 e. The van der Waals surface area contributed by atoms with E-state index in [-0.39, 0.29) is 0 Å². The van der Waals surface area contributed by atoms with Crippen molar-refractivity contribution in [3.05, 3.63) is 22.9 Å². The van der Waals surface area contributed by atoms with Gasteiger partial charge in [0.05, 0.1) is 5.88 Å². The van der Waals surface area contributed by atoms with E-state index in [9.17, 15) is 0 Å². The van der Waals surface area contributed by atoms with Crippen molar-refractivity contribution in [2.75, 3.05) is 11.4 Å². The predicted molar refractivity (Wildman–Crippen MR) is 83.2 cm³/mol. The molecule has 3 heteroatoms.